The third kappa shape index (κ3) is 5.51. The molecule has 4 rings (SSSR count). The SMILES string of the molecule is COc1ccc(N(c2ccc(C#CC3CC(C)(C)N([O])C(C)(C)C3)cc2)c2ccc(OC)cc2)cc1. The first-order chi connectivity index (χ1) is 17.1. The molecule has 3 aromatic rings. The fraction of sp³-hybridized carbons (Fsp3) is 0.355. The Morgan fingerprint density at radius 1 is 0.722 bits per heavy atom. The van der Waals surface area contributed by atoms with Gasteiger partial charge in [-0.05, 0) is 113 Å². The van der Waals surface area contributed by atoms with Gasteiger partial charge in [0.15, 0.2) is 0 Å². The first-order valence-corrected chi connectivity index (χ1v) is 12.3. The second-order valence-corrected chi connectivity index (χ2v) is 10.6. The summed E-state index contributed by atoms with van der Waals surface area (Å²) in [5, 5.41) is 13.9. The Balaban J connectivity index is 1.61. The summed E-state index contributed by atoms with van der Waals surface area (Å²) in [6, 6.07) is 24.3. The maximum atomic E-state index is 12.6. The highest BCUT2D eigenvalue weighted by Crippen LogP contribution is 2.40. The van der Waals surface area contributed by atoms with Crippen LogP contribution in [-0.4, -0.2) is 30.4 Å². The summed E-state index contributed by atoms with van der Waals surface area (Å²) in [6.45, 7) is 8.04. The molecule has 0 atom stereocenters. The van der Waals surface area contributed by atoms with Crippen molar-refractivity contribution in [3.8, 4) is 23.3 Å². The minimum atomic E-state index is -0.414. The number of nitrogens with zero attached hydrogens (tertiary/aromatic N) is 2. The van der Waals surface area contributed by atoms with Crippen molar-refractivity contribution in [3.05, 3.63) is 78.4 Å². The Bertz CT molecular complexity index is 1150. The Hall–Kier alpha value is -3.46. The first kappa shape index (κ1) is 25.6. The van der Waals surface area contributed by atoms with E-state index in [0.29, 0.717) is 0 Å². The Morgan fingerprint density at radius 3 is 1.50 bits per heavy atom. The number of benzene rings is 3. The van der Waals surface area contributed by atoms with Gasteiger partial charge in [0.25, 0.3) is 0 Å². The molecule has 36 heavy (non-hydrogen) atoms. The van der Waals surface area contributed by atoms with E-state index < -0.39 is 11.1 Å². The molecule has 0 aliphatic carbocycles. The average molecular weight is 484 g/mol. The van der Waals surface area contributed by atoms with Gasteiger partial charge in [0.2, 0.25) is 0 Å². The molecule has 1 heterocycles. The molecule has 1 radical (unpaired) electrons. The van der Waals surface area contributed by atoms with Crippen molar-refractivity contribution >= 4 is 17.1 Å². The highest BCUT2D eigenvalue weighted by molar-refractivity contribution is 5.77. The normalized spacial score (nSPS) is 17.1. The lowest BCUT2D eigenvalue weighted by atomic mass is 9.75. The first-order valence-electron chi connectivity index (χ1n) is 12.3. The summed E-state index contributed by atoms with van der Waals surface area (Å²) < 4.78 is 10.7. The second-order valence-electron chi connectivity index (χ2n) is 10.6. The Labute approximate surface area is 215 Å². The predicted octanol–water partition coefficient (Wildman–Crippen LogP) is 7.14. The summed E-state index contributed by atoms with van der Waals surface area (Å²) in [5.41, 5.74) is 3.20. The van der Waals surface area contributed by atoms with E-state index in [4.69, 9.17) is 9.47 Å². The van der Waals surface area contributed by atoms with Gasteiger partial charge < -0.3 is 14.4 Å². The van der Waals surface area contributed by atoms with Crippen molar-refractivity contribution in [1.29, 1.82) is 0 Å². The van der Waals surface area contributed by atoms with Crippen molar-refractivity contribution in [2.24, 2.45) is 5.92 Å². The minimum Gasteiger partial charge on any atom is -0.497 e. The molecule has 0 unspecified atom stereocenters. The number of hydroxylamine groups is 2. The van der Waals surface area contributed by atoms with E-state index in [1.165, 1.54) is 5.06 Å². The molecule has 1 fully saturated rings. The van der Waals surface area contributed by atoms with Gasteiger partial charge in [-0.1, -0.05) is 11.8 Å². The highest BCUT2D eigenvalue weighted by atomic mass is 16.5. The molecular weight excluding hydrogens is 448 g/mol. The van der Waals surface area contributed by atoms with Crippen LogP contribution in [0, 0.1) is 17.8 Å². The largest absolute Gasteiger partial charge is 0.497 e. The quantitative estimate of drug-likeness (QED) is 0.362. The molecule has 187 valence electrons. The van der Waals surface area contributed by atoms with Crippen LogP contribution >= 0.6 is 0 Å². The smallest absolute Gasteiger partial charge is 0.119 e. The molecule has 0 spiro atoms. The second kappa shape index (κ2) is 10.3. The summed E-state index contributed by atoms with van der Waals surface area (Å²) in [7, 11) is 3.34. The van der Waals surface area contributed by atoms with Crippen LogP contribution in [-0.2, 0) is 5.21 Å². The van der Waals surface area contributed by atoms with Crippen LogP contribution in [0.3, 0.4) is 0 Å². The number of piperidine rings is 1. The van der Waals surface area contributed by atoms with Crippen LogP contribution in [0.15, 0.2) is 72.8 Å². The lowest BCUT2D eigenvalue weighted by Gasteiger charge is -2.48. The van der Waals surface area contributed by atoms with Gasteiger partial charge >= 0.3 is 0 Å². The zero-order valence-electron chi connectivity index (χ0n) is 22.0. The monoisotopic (exact) mass is 483 g/mol. The number of hydrogen-bond donors (Lipinski definition) is 0. The van der Waals surface area contributed by atoms with Crippen molar-refractivity contribution in [3.63, 3.8) is 0 Å². The fourth-order valence-electron chi connectivity index (χ4n) is 5.15. The van der Waals surface area contributed by atoms with Gasteiger partial charge in [0.05, 0.1) is 14.2 Å². The van der Waals surface area contributed by atoms with Crippen molar-refractivity contribution in [1.82, 2.24) is 5.06 Å². The number of ether oxygens (including phenoxy) is 2. The molecule has 0 N–H and O–H groups in total. The van der Waals surface area contributed by atoms with Crippen LogP contribution in [0.4, 0.5) is 17.1 Å². The number of hydrogen-bond acceptors (Lipinski definition) is 4. The Morgan fingerprint density at radius 2 is 1.11 bits per heavy atom. The molecule has 0 saturated carbocycles. The van der Waals surface area contributed by atoms with E-state index in [2.05, 4.69) is 41.0 Å². The van der Waals surface area contributed by atoms with Crippen LogP contribution < -0.4 is 14.4 Å². The summed E-state index contributed by atoms with van der Waals surface area (Å²) >= 11 is 0. The van der Waals surface area contributed by atoms with Gasteiger partial charge in [-0.15, -0.1) is 10.3 Å². The number of rotatable bonds is 5. The van der Waals surface area contributed by atoms with Gasteiger partial charge in [0.1, 0.15) is 11.5 Å². The van der Waals surface area contributed by atoms with E-state index in [0.717, 1.165) is 47.0 Å². The third-order valence-electron chi connectivity index (χ3n) is 6.80. The van der Waals surface area contributed by atoms with Gasteiger partial charge in [-0.2, -0.15) is 0 Å². The van der Waals surface area contributed by atoms with Crippen LogP contribution in [0.5, 0.6) is 11.5 Å². The molecule has 0 bridgehead atoms. The van der Waals surface area contributed by atoms with Crippen LogP contribution in [0.2, 0.25) is 0 Å². The minimum absolute atomic E-state index is 0.190. The maximum Gasteiger partial charge on any atom is 0.119 e. The molecule has 0 aromatic heterocycles. The van der Waals surface area contributed by atoms with Gasteiger partial charge in [-0.25, -0.2) is 0 Å². The molecule has 5 nitrogen and oxygen atoms in total. The van der Waals surface area contributed by atoms with Crippen LogP contribution in [0.25, 0.3) is 0 Å². The lowest BCUT2D eigenvalue weighted by molar-refractivity contribution is -0.291. The van der Waals surface area contributed by atoms with Gasteiger partial charge in [-0.3, -0.25) is 0 Å². The molecule has 1 aliphatic heterocycles. The van der Waals surface area contributed by atoms with E-state index in [9.17, 15) is 5.21 Å². The van der Waals surface area contributed by atoms with E-state index in [-0.39, 0.29) is 5.92 Å². The zero-order chi connectivity index (χ0) is 25.9. The van der Waals surface area contributed by atoms with Crippen molar-refractivity contribution < 1.29 is 14.7 Å². The fourth-order valence-corrected chi connectivity index (χ4v) is 5.15. The number of methoxy groups -OCH3 is 2. The standard InChI is InChI=1S/C31H35N2O3/c1-30(2)21-24(22-31(3,4)33(30)34)8-7-23-9-11-25(12-10-23)32(26-13-17-28(35-5)18-14-26)27-15-19-29(36-6)20-16-27/h9-20,24H,21-22H2,1-6H3. The summed E-state index contributed by atoms with van der Waals surface area (Å²) in [5.74, 6) is 8.62. The molecule has 5 heteroatoms. The number of anilines is 3. The topological polar surface area (TPSA) is 44.8 Å². The lowest BCUT2D eigenvalue weighted by Crippen LogP contribution is -2.58. The molecule has 0 amide bonds. The van der Waals surface area contributed by atoms with Crippen LogP contribution in [0.1, 0.15) is 46.1 Å². The average Bonchev–Trinajstić information content (AvgIpc) is 2.87. The summed E-state index contributed by atoms with van der Waals surface area (Å²) in [4.78, 5) is 2.19. The molecule has 1 aliphatic rings. The predicted molar refractivity (Wildman–Crippen MR) is 145 cm³/mol. The van der Waals surface area contributed by atoms with Crippen molar-refractivity contribution in [2.45, 2.75) is 51.6 Å². The van der Waals surface area contributed by atoms with E-state index >= 15 is 0 Å². The molecule has 3 aromatic carbocycles. The van der Waals surface area contributed by atoms with Crippen molar-refractivity contribution in [2.75, 3.05) is 19.1 Å². The maximum absolute atomic E-state index is 12.6. The highest BCUT2D eigenvalue weighted by Gasteiger charge is 2.45. The van der Waals surface area contributed by atoms with Gasteiger partial charge in [0, 0.05) is 39.6 Å². The third-order valence-corrected chi connectivity index (χ3v) is 6.80. The van der Waals surface area contributed by atoms with E-state index in [1.54, 1.807) is 14.2 Å². The zero-order valence-corrected chi connectivity index (χ0v) is 22.0. The summed E-state index contributed by atoms with van der Waals surface area (Å²) in [6.07, 6.45) is 1.54. The van der Waals surface area contributed by atoms with E-state index in [1.807, 2.05) is 76.2 Å². The molecule has 1 saturated heterocycles. The Kier molecular flexibility index (Phi) is 7.31. The molecular formula is C31H35N2O3.